The standard InChI is InChI=1S/C35H33F4N5O2/c1-33(2,22-7-5-4-6-8-22)32-40-31(41-46-32)26-21-44(34(13-14-34)23-9-11-24(12-10-23)35(37,38)39)28-20-29(27(36)19-25(28)30(26)45)43-17-15-42(3)16-18-43/h4-12,19-21H,13-18H2,1-3H3. The molecule has 1 aliphatic heterocycles. The second-order valence-electron chi connectivity index (χ2n) is 12.9. The second-order valence-corrected chi connectivity index (χ2v) is 12.9. The number of halogens is 4. The van der Waals surface area contributed by atoms with E-state index in [1.165, 1.54) is 18.2 Å². The van der Waals surface area contributed by atoms with Crippen molar-refractivity contribution in [3.8, 4) is 11.4 Å². The third-order valence-electron chi connectivity index (χ3n) is 9.55. The average molecular weight is 632 g/mol. The smallest absolute Gasteiger partial charge is 0.367 e. The largest absolute Gasteiger partial charge is 0.416 e. The lowest BCUT2D eigenvalue weighted by atomic mass is 9.84. The van der Waals surface area contributed by atoms with Crippen LogP contribution < -0.4 is 10.3 Å². The molecule has 2 aromatic heterocycles. The molecule has 7 rings (SSSR count). The Morgan fingerprint density at radius 1 is 0.891 bits per heavy atom. The monoisotopic (exact) mass is 631 g/mol. The van der Waals surface area contributed by atoms with Gasteiger partial charge in [0.25, 0.3) is 0 Å². The number of fused-ring (bicyclic) bond motifs is 1. The van der Waals surface area contributed by atoms with Gasteiger partial charge in [-0.25, -0.2) is 4.39 Å². The Morgan fingerprint density at radius 2 is 1.57 bits per heavy atom. The number of benzene rings is 3. The Morgan fingerprint density at radius 3 is 2.20 bits per heavy atom. The minimum atomic E-state index is -4.47. The number of anilines is 1. The van der Waals surface area contributed by atoms with Crippen LogP contribution in [0.4, 0.5) is 23.2 Å². The van der Waals surface area contributed by atoms with E-state index in [0.717, 1.165) is 30.8 Å². The molecule has 0 spiro atoms. The number of hydrogen-bond acceptors (Lipinski definition) is 6. The topological polar surface area (TPSA) is 67.4 Å². The van der Waals surface area contributed by atoms with Gasteiger partial charge in [-0.05, 0) is 69.1 Å². The summed E-state index contributed by atoms with van der Waals surface area (Å²) in [5.41, 5.74) is 0.0179. The van der Waals surface area contributed by atoms with Crippen molar-refractivity contribution in [3.63, 3.8) is 0 Å². The molecular weight excluding hydrogens is 598 g/mol. The molecule has 2 fully saturated rings. The average Bonchev–Trinajstić information content (AvgIpc) is 3.69. The molecule has 3 aromatic carbocycles. The van der Waals surface area contributed by atoms with Crippen molar-refractivity contribution in [1.82, 2.24) is 19.6 Å². The molecule has 3 heterocycles. The van der Waals surface area contributed by atoms with E-state index in [9.17, 15) is 18.0 Å². The van der Waals surface area contributed by atoms with Crippen LogP contribution >= 0.6 is 0 Å². The maximum atomic E-state index is 15.8. The first-order valence-corrected chi connectivity index (χ1v) is 15.3. The van der Waals surface area contributed by atoms with E-state index < -0.39 is 33.9 Å². The number of hydrogen-bond donors (Lipinski definition) is 0. The van der Waals surface area contributed by atoms with Gasteiger partial charge in [0.15, 0.2) is 0 Å². The zero-order chi connectivity index (χ0) is 32.4. The maximum absolute atomic E-state index is 15.8. The van der Waals surface area contributed by atoms with Gasteiger partial charge in [0.05, 0.1) is 33.3 Å². The highest BCUT2D eigenvalue weighted by Crippen LogP contribution is 2.51. The Balaban J connectivity index is 1.40. The fourth-order valence-electron chi connectivity index (χ4n) is 6.46. The molecule has 0 bridgehead atoms. The zero-order valence-electron chi connectivity index (χ0n) is 25.7. The molecule has 0 unspecified atom stereocenters. The first-order chi connectivity index (χ1) is 21.9. The predicted molar refractivity (Wildman–Crippen MR) is 167 cm³/mol. The highest BCUT2D eigenvalue weighted by molar-refractivity contribution is 5.87. The van der Waals surface area contributed by atoms with Crippen molar-refractivity contribution in [3.05, 3.63) is 112 Å². The van der Waals surface area contributed by atoms with E-state index in [1.807, 2.05) is 60.7 Å². The van der Waals surface area contributed by atoms with Crippen LogP contribution in [0.15, 0.2) is 82.2 Å². The number of likely N-dealkylation sites (N-methyl/N-ethyl adjacent to an activating group) is 1. The number of piperazine rings is 1. The van der Waals surface area contributed by atoms with Gasteiger partial charge >= 0.3 is 6.18 Å². The molecule has 0 N–H and O–H groups in total. The zero-order valence-corrected chi connectivity index (χ0v) is 25.7. The van der Waals surface area contributed by atoms with Gasteiger partial charge in [-0.2, -0.15) is 18.2 Å². The minimum absolute atomic E-state index is 0.0615. The Labute approximate surface area is 263 Å². The number of nitrogens with zero attached hydrogens (tertiary/aromatic N) is 5. The maximum Gasteiger partial charge on any atom is 0.416 e. The minimum Gasteiger partial charge on any atom is -0.367 e. The van der Waals surface area contributed by atoms with Crippen molar-refractivity contribution in [2.45, 2.75) is 43.8 Å². The molecule has 0 amide bonds. The summed E-state index contributed by atoms with van der Waals surface area (Å²) in [5, 5.41) is 4.33. The molecule has 0 radical (unpaired) electrons. The van der Waals surface area contributed by atoms with Crippen LogP contribution in [0.5, 0.6) is 0 Å². The third kappa shape index (κ3) is 5.06. The molecular formula is C35H33F4N5O2. The lowest BCUT2D eigenvalue weighted by Gasteiger charge is -2.34. The van der Waals surface area contributed by atoms with Gasteiger partial charge in [0.2, 0.25) is 17.1 Å². The van der Waals surface area contributed by atoms with Crippen LogP contribution in [0.2, 0.25) is 0 Å². The second kappa shape index (κ2) is 10.8. The van der Waals surface area contributed by atoms with Gasteiger partial charge in [0.1, 0.15) is 5.82 Å². The highest BCUT2D eigenvalue weighted by atomic mass is 19.4. The fraction of sp³-hybridized carbons (Fsp3) is 0.343. The summed E-state index contributed by atoms with van der Waals surface area (Å²) in [6, 6.07) is 17.7. The molecule has 11 heteroatoms. The summed E-state index contributed by atoms with van der Waals surface area (Å²) in [6.07, 6.45) is -1.57. The van der Waals surface area contributed by atoms with Crippen LogP contribution in [-0.2, 0) is 17.1 Å². The van der Waals surface area contributed by atoms with Gasteiger partial charge in [-0.15, -0.1) is 0 Å². The normalized spacial score (nSPS) is 17.1. The van der Waals surface area contributed by atoms with Crippen LogP contribution in [0.3, 0.4) is 0 Å². The summed E-state index contributed by atoms with van der Waals surface area (Å²) in [7, 11) is 2.01. The van der Waals surface area contributed by atoms with Crippen LogP contribution in [0.1, 0.15) is 49.3 Å². The lowest BCUT2D eigenvalue weighted by Crippen LogP contribution is -2.44. The molecule has 0 atom stereocenters. The number of alkyl halides is 3. The Kier molecular flexibility index (Phi) is 7.08. The van der Waals surface area contributed by atoms with Crippen molar-refractivity contribution in [1.29, 1.82) is 0 Å². The summed E-state index contributed by atoms with van der Waals surface area (Å²) < 4.78 is 63.7. The molecule has 1 aliphatic carbocycles. The molecule has 5 aromatic rings. The van der Waals surface area contributed by atoms with Crippen molar-refractivity contribution in [2.75, 3.05) is 38.1 Å². The summed E-state index contributed by atoms with van der Waals surface area (Å²) in [5.74, 6) is -0.150. The number of pyridine rings is 1. The SMILES string of the molecule is CN1CCN(c2cc3c(cc2F)c(=O)c(-c2noc(C(C)(C)c4ccccc4)n2)cn3C2(c3ccc(C(F)(F)F)cc3)CC2)CC1. The first kappa shape index (κ1) is 30.2. The Bertz CT molecular complexity index is 1970. The number of rotatable bonds is 6. The highest BCUT2D eigenvalue weighted by Gasteiger charge is 2.47. The summed E-state index contributed by atoms with van der Waals surface area (Å²) in [6.45, 7) is 6.65. The number of aromatic nitrogens is 3. The quantitative estimate of drug-likeness (QED) is 0.192. The van der Waals surface area contributed by atoms with Crippen LogP contribution in [0, 0.1) is 5.82 Å². The predicted octanol–water partition coefficient (Wildman–Crippen LogP) is 6.82. The van der Waals surface area contributed by atoms with E-state index in [4.69, 9.17) is 4.52 Å². The summed E-state index contributed by atoms with van der Waals surface area (Å²) >= 11 is 0. The molecule has 2 aliphatic rings. The molecule has 238 valence electrons. The van der Waals surface area contributed by atoms with Crippen molar-refractivity contribution >= 4 is 16.6 Å². The van der Waals surface area contributed by atoms with Crippen molar-refractivity contribution < 1.29 is 22.1 Å². The lowest BCUT2D eigenvalue weighted by molar-refractivity contribution is -0.137. The van der Waals surface area contributed by atoms with E-state index in [1.54, 1.807) is 12.3 Å². The van der Waals surface area contributed by atoms with E-state index >= 15 is 4.39 Å². The summed E-state index contributed by atoms with van der Waals surface area (Å²) in [4.78, 5) is 22.9. The van der Waals surface area contributed by atoms with E-state index in [2.05, 4.69) is 15.0 Å². The molecule has 46 heavy (non-hydrogen) atoms. The van der Waals surface area contributed by atoms with E-state index in [-0.39, 0.29) is 16.8 Å². The first-order valence-electron chi connectivity index (χ1n) is 15.3. The Hall–Kier alpha value is -4.51. The molecule has 1 saturated heterocycles. The fourth-order valence-corrected chi connectivity index (χ4v) is 6.46. The van der Waals surface area contributed by atoms with Gasteiger partial charge in [0, 0.05) is 37.8 Å². The molecule has 1 saturated carbocycles. The molecule has 7 nitrogen and oxygen atoms in total. The van der Waals surface area contributed by atoms with Gasteiger partial charge in [-0.3, -0.25) is 4.79 Å². The van der Waals surface area contributed by atoms with Gasteiger partial charge < -0.3 is 18.9 Å². The van der Waals surface area contributed by atoms with Crippen LogP contribution in [0.25, 0.3) is 22.3 Å². The van der Waals surface area contributed by atoms with E-state index in [0.29, 0.717) is 48.6 Å². The third-order valence-corrected chi connectivity index (χ3v) is 9.55. The van der Waals surface area contributed by atoms with Gasteiger partial charge in [-0.1, -0.05) is 47.6 Å². The van der Waals surface area contributed by atoms with Crippen molar-refractivity contribution in [2.24, 2.45) is 0 Å². The van der Waals surface area contributed by atoms with Crippen LogP contribution in [-0.4, -0.2) is 52.8 Å².